The number of hydrogen-bond donors (Lipinski definition) is 1. The largest absolute Gasteiger partial charge is 0.477 e. The molecule has 0 amide bonds. The Morgan fingerprint density at radius 1 is 1.24 bits per heavy atom. The Morgan fingerprint density at radius 3 is 2.48 bits per heavy atom. The summed E-state index contributed by atoms with van der Waals surface area (Å²) in [5.41, 5.74) is -0.356. The zero-order chi connectivity index (χ0) is 15.2. The van der Waals surface area contributed by atoms with E-state index in [1.165, 1.54) is 6.07 Å². The van der Waals surface area contributed by atoms with Gasteiger partial charge in [0, 0.05) is 19.2 Å². The maximum atomic E-state index is 12.7. The minimum Gasteiger partial charge on any atom is -0.477 e. The van der Waals surface area contributed by atoms with Crippen LogP contribution in [0.2, 0.25) is 0 Å². The molecular weight excluding hydrogens is 291 g/mol. The molecular formula is C11H10F3N5O2. The van der Waals surface area contributed by atoms with Crippen molar-refractivity contribution in [3.8, 4) is 0 Å². The molecule has 3 rings (SSSR count). The molecule has 1 N–H and O–H groups in total. The molecule has 0 atom stereocenters. The van der Waals surface area contributed by atoms with Gasteiger partial charge in [-0.25, -0.2) is 9.78 Å². The number of alkyl halides is 3. The first-order chi connectivity index (χ1) is 9.86. The van der Waals surface area contributed by atoms with Crippen molar-refractivity contribution in [3.05, 3.63) is 17.6 Å². The lowest BCUT2D eigenvalue weighted by Gasteiger charge is -2.18. The highest BCUT2D eigenvalue weighted by molar-refractivity contribution is 5.87. The topological polar surface area (TPSA) is 83.6 Å². The van der Waals surface area contributed by atoms with Crippen molar-refractivity contribution < 1.29 is 23.1 Å². The van der Waals surface area contributed by atoms with Gasteiger partial charge in [-0.1, -0.05) is 0 Å². The predicted molar refractivity (Wildman–Crippen MR) is 64.2 cm³/mol. The average Bonchev–Trinajstić information content (AvgIpc) is 3.05. The van der Waals surface area contributed by atoms with Crippen molar-refractivity contribution in [1.29, 1.82) is 0 Å². The van der Waals surface area contributed by atoms with Gasteiger partial charge in [0.15, 0.2) is 5.69 Å². The number of carbonyl (C=O) groups is 1. The van der Waals surface area contributed by atoms with E-state index in [4.69, 9.17) is 5.11 Å². The molecule has 2 aromatic rings. The number of halogens is 3. The Hall–Kier alpha value is -2.39. The molecule has 10 heteroatoms. The van der Waals surface area contributed by atoms with E-state index in [0.717, 1.165) is 17.4 Å². The fourth-order valence-corrected chi connectivity index (χ4v) is 2.25. The van der Waals surface area contributed by atoms with Crippen LogP contribution in [0.5, 0.6) is 0 Å². The summed E-state index contributed by atoms with van der Waals surface area (Å²) in [6.45, 7) is 1.25. The number of hydrogen-bond acceptors (Lipinski definition) is 5. The van der Waals surface area contributed by atoms with Gasteiger partial charge < -0.3 is 10.0 Å². The summed E-state index contributed by atoms with van der Waals surface area (Å²) in [5.74, 6) is -2.77. The van der Waals surface area contributed by atoms with Crippen molar-refractivity contribution in [2.75, 3.05) is 18.0 Å². The molecule has 3 heterocycles. The van der Waals surface area contributed by atoms with Gasteiger partial charge in [-0.3, -0.25) is 0 Å². The van der Waals surface area contributed by atoms with E-state index in [1.54, 1.807) is 4.90 Å². The molecule has 0 saturated carbocycles. The molecule has 1 aliphatic heterocycles. The lowest BCUT2D eigenvalue weighted by molar-refractivity contribution is -0.144. The number of anilines is 1. The molecule has 0 aliphatic carbocycles. The number of aromatic carboxylic acids is 1. The van der Waals surface area contributed by atoms with E-state index >= 15 is 0 Å². The first kappa shape index (κ1) is 13.6. The average molecular weight is 301 g/mol. The molecule has 112 valence electrons. The molecule has 7 nitrogen and oxygen atoms in total. The first-order valence-corrected chi connectivity index (χ1v) is 6.19. The Kier molecular flexibility index (Phi) is 2.96. The number of aromatic nitrogens is 4. The van der Waals surface area contributed by atoms with Crippen LogP contribution < -0.4 is 4.90 Å². The maximum Gasteiger partial charge on any atom is 0.453 e. The third-order valence-corrected chi connectivity index (χ3v) is 3.20. The zero-order valence-electron chi connectivity index (χ0n) is 10.6. The SMILES string of the molecule is O=C(O)c1cc(N2CCCC2)n2nc(C(F)(F)F)nc2n1. The van der Waals surface area contributed by atoms with Gasteiger partial charge in [-0.2, -0.15) is 22.7 Å². The lowest BCUT2D eigenvalue weighted by atomic mass is 10.3. The molecule has 0 spiro atoms. The quantitative estimate of drug-likeness (QED) is 0.903. The summed E-state index contributed by atoms with van der Waals surface area (Å²) in [6.07, 6.45) is -2.94. The minimum atomic E-state index is -4.71. The monoisotopic (exact) mass is 301 g/mol. The van der Waals surface area contributed by atoms with E-state index < -0.39 is 18.0 Å². The van der Waals surface area contributed by atoms with Crippen LogP contribution in [0.25, 0.3) is 5.78 Å². The van der Waals surface area contributed by atoms with Crippen LogP contribution in [0.3, 0.4) is 0 Å². The number of fused-ring (bicyclic) bond motifs is 1. The van der Waals surface area contributed by atoms with Gasteiger partial charge in [-0.15, -0.1) is 5.10 Å². The minimum absolute atomic E-state index is 0.262. The maximum absolute atomic E-state index is 12.7. The fraction of sp³-hybridized carbons (Fsp3) is 0.455. The van der Waals surface area contributed by atoms with Crippen molar-refractivity contribution in [2.24, 2.45) is 0 Å². The summed E-state index contributed by atoms with van der Waals surface area (Å²) in [5, 5.41) is 12.4. The molecule has 0 radical (unpaired) electrons. The Morgan fingerprint density at radius 2 is 1.90 bits per heavy atom. The van der Waals surface area contributed by atoms with Gasteiger partial charge >= 0.3 is 12.1 Å². The zero-order valence-corrected chi connectivity index (χ0v) is 10.6. The first-order valence-electron chi connectivity index (χ1n) is 6.19. The van der Waals surface area contributed by atoms with Crippen LogP contribution in [0.15, 0.2) is 6.07 Å². The highest BCUT2D eigenvalue weighted by atomic mass is 19.4. The normalized spacial score (nSPS) is 15.9. The van der Waals surface area contributed by atoms with Gasteiger partial charge in [0.05, 0.1) is 0 Å². The second-order valence-electron chi connectivity index (χ2n) is 4.64. The molecule has 21 heavy (non-hydrogen) atoms. The van der Waals surface area contributed by atoms with E-state index in [1.807, 2.05) is 0 Å². The number of carboxylic acids is 1. The van der Waals surface area contributed by atoms with Crippen LogP contribution in [0, 0.1) is 0 Å². The molecule has 2 aromatic heterocycles. The van der Waals surface area contributed by atoms with Crippen LogP contribution in [-0.4, -0.2) is 43.7 Å². The summed E-state index contributed by atoms with van der Waals surface area (Å²) < 4.78 is 39.0. The van der Waals surface area contributed by atoms with E-state index in [-0.39, 0.29) is 17.3 Å². The summed E-state index contributed by atoms with van der Waals surface area (Å²) in [6, 6.07) is 1.22. The van der Waals surface area contributed by atoms with Gasteiger partial charge in [-0.05, 0) is 12.8 Å². The van der Waals surface area contributed by atoms with E-state index in [0.29, 0.717) is 13.1 Å². The Labute approximate surface area is 116 Å². The van der Waals surface area contributed by atoms with Crippen molar-refractivity contribution in [1.82, 2.24) is 19.6 Å². The van der Waals surface area contributed by atoms with Crippen molar-refractivity contribution in [2.45, 2.75) is 19.0 Å². The smallest absolute Gasteiger partial charge is 0.453 e. The summed E-state index contributed by atoms with van der Waals surface area (Å²) in [7, 11) is 0. The summed E-state index contributed by atoms with van der Waals surface area (Å²) >= 11 is 0. The Balaban J connectivity index is 2.21. The van der Waals surface area contributed by atoms with Gasteiger partial charge in [0.1, 0.15) is 5.82 Å². The second kappa shape index (κ2) is 4.57. The molecule has 0 bridgehead atoms. The number of carboxylic acid groups (broad SMARTS) is 1. The number of nitrogens with zero attached hydrogens (tertiary/aromatic N) is 5. The molecule has 0 aromatic carbocycles. The van der Waals surface area contributed by atoms with Crippen molar-refractivity contribution >= 4 is 17.6 Å². The molecule has 1 fully saturated rings. The summed E-state index contributed by atoms with van der Waals surface area (Å²) in [4.78, 5) is 19.7. The predicted octanol–water partition coefficient (Wildman–Crippen LogP) is 1.44. The van der Waals surface area contributed by atoms with E-state index in [2.05, 4.69) is 15.1 Å². The second-order valence-corrected chi connectivity index (χ2v) is 4.64. The fourth-order valence-electron chi connectivity index (χ4n) is 2.25. The van der Waals surface area contributed by atoms with Crippen molar-refractivity contribution in [3.63, 3.8) is 0 Å². The highest BCUT2D eigenvalue weighted by Gasteiger charge is 2.37. The highest BCUT2D eigenvalue weighted by Crippen LogP contribution is 2.28. The molecule has 1 aliphatic rings. The number of rotatable bonds is 2. The molecule has 0 unspecified atom stereocenters. The van der Waals surface area contributed by atoms with Crippen LogP contribution >= 0.6 is 0 Å². The van der Waals surface area contributed by atoms with Crippen LogP contribution in [0.4, 0.5) is 19.0 Å². The third kappa shape index (κ3) is 2.36. The lowest BCUT2D eigenvalue weighted by Crippen LogP contribution is -2.22. The third-order valence-electron chi connectivity index (χ3n) is 3.20. The van der Waals surface area contributed by atoms with Gasteiger partial charge in [0.2, 0.25) is 0 Å². The Bertz CT molecular complexity index is 706. The van der Waals surface area contributed by atoms with Crippen LogP contribution in [0.1, 0.15) is 29.2 Å². The van der Waals surface area contributed by atoms with Gasteiger partial charge in [0.25, 0.3) is 11.6 Å². The van der Waals surface area contributed by atoms with E-state index in [9.17, 15) is 18.0 Å². The molecule has 1 saturated heterocycles. The standard InChI is InChI=1S/C11H10F3N5O2/c12-11(13,14)9-16-10-15-6(8(20)21)5-7(19(10)17-9)18-3-1-2-4-18/h5H,1-4H2,(H,20,21). The van der Waals surface area contributed by atoms with Crippen LogP contribution in [-0.2, 0) is 6.18 Å².